The Bertz CT molecular complexity index is 409. The van der Waals surface area contributed by atoms with Gasteiger partial charge in [-0.05, 0) is 12.1 Å². The van der Waals surface area contributed by atoms with Gasteiger partial charge in [-0.1, -0.05) is 6.92 Å². The van der Waals surface area contributed by atoms with Gasteiger partial charge in [0.1, 0.15) is 5.69 Å². The highest BCUT2D eigenvalue weighted by Gasteiger charge is 2.10. The predicted molar refractivity (Wildman–Crippen MR) is 60.3 cm³/mol. The molecule has 1 heterocycles. The highest BCUT2D eigenvalue weighted by Crippen LogP contribution is 2.20. The topological polar surface area (TPSA) is 93.3 Å². The average Bonchev–Trinajstić information content (AvgIpc) is 2.26. The fourth-order valence-electron chi connectivity index (χ4n) is 0.921. The van der Waals surface area contributed by atoms with Gasteiger partial charge < -0.3 is 10.8 Å². The Morgan fingerprint density at radius 1 is 1.62 bits per heavy atom. The van der Waals surface area contributed by atoms with Crippen molar-refractivity contribution in [2.45, 2.75) is 11.8 Å². The van der Waals surface area contributed by atoms with Gasteiger partial charge in [-0.3, -0.25) is 4.79 Å². The van der Waals surface area contributed by atoms with Crippen molar-refractivity contribution in [3.8, 4) is 0 Å². The second kappa shape index (κ2) is 5.50. The second-order valence-corrected chi connectivity index (χ2v) is 4.39. The average molecular weight is 240 g/mol. The summed E-state index contributed by atoms with van der Waals surface area (Å²) in [5, 5.41) is 8.73. The third-order valence-electron chi connectivity index (χ3n) is 1.94. The van der Waals surface area contributed by atoms with Gasteiger partial charge in [0.15, 0.2) is 0 Å². The summed E-state index contributed by atoms with van der Waals surface area (Å²) in [5.74, 6) is -1.14. The molecule has 0 aliphatic rings. The Morgan fingerprint density at radius 3 is 2.88 bits per heavy atom. The lowest BCUT2D eigenvalue weighted by atomic mass is 10.2. The van der Waals surface area contributed by atoms with E-state index in [0.717, 1.165) is 4.90 Å². The first-order chi connectivity index (χ1) is 7.50. The minimum Gasteiger partial charge on any atom is -0.477 e. The van der Waals surface area contributed by atoms with Crippen molar-refractivity contribution in [2.75, 3.05) is 5.75 Å². The third-order valence-corrected chi connectivity index (χ3v) is 3.19. The summed E-state index contributed by atoms with van der Waals surface area (Å²) in [7, 11) is 0. The number of hydrogen-bond acceptors (Lipinski definition) is 4. The Morgan fingerprint density at radius 2 is 2.31 bits per heavy atom. The van der Waals surface area contributed by atoms with Crippen LogP contribution in [0.4, 0.5) is 0 Å². The Hall–Kier alpha value is -1.56. The van der Waals surface area contributed by atoms with E-state index in [-0.39, 0.29) is 17.5 Å². The van der Waals surface area contributed by atoms with Gasteiger partial charge >= 0.3 is 5.97 Å². The van der Waals surface area contributed by atoms with Crippen molar-refractivity contribution in [3.05, 3.63) is 24.0 Å². The van der Waals surface area contributed by atoms with Gasteiger partial charge in [-0.2, -0.15) is 0 Å². The molecular formula is C10H12N2O3S. The number of nitrogens with two attached hydrogens (primary N) is 1. The minimum atomic E-state index is -1.06. The van der Waals surface area contributed by atoms with E-state index in [9.17, 15) is 9.59 Å². The molecule has 1 aromatic heterocycles. The van der Waals surface area contributed by atoms with Crippen LogP contribution in [0.15, 0.2) is 23.2 Å². The van der Waals surface area contributed by atoms with Crippen LogP contribution in [0.1, 0.15) is 17.4 Å². The zero-order valence-electron chi connectivity index (χ0n) is 8.71. The molecule has 0 saturated heterocycles. The van der Waals surface area contributed by atoms with Crippen LogP contribution < -0.4 is 5.73 Å². The summed E-state index contributed by atoms with van der Waals surface area (Å²) >= 11 is 1.38. The van der Waals surface area contributed by atoms with Crippen LogP contribution in [-0.2, 0) is 4.79 Å². The number of rotatable bonds is 5. The summed E-state index contributed by atoms with van der Waals surface area (Å²) in [5.41, 5.74) is 5.12. The first kappa shape index (κ1) is 12.5. The van der Waals surface area contributed by atoms with Crippen LogP contribution in [-0.4, -0.2) is 27.7 Å². The number of carboxylic acids is 1. The molecule has 86 valence electrons. The molecule has 0 saturated carbocycles. The van der Waals surface area contributed by atoms with Crippen LogP contribution in [0.3, 0.4) is 0 Å². The molecule has 5 nitrogen and oxygen atoms in total. The van der Waals surface area contributed by atoms with Crippen molar-refractivity contribution in [1.29, 1.82) is 0 Å². The molecule has 0 aliphatic carbocycles. The van der Waals surface area contributed by atoms with E-state index in [0.29, 0.717) is 5.75 Å². The first-order valence-electron chi connectivity index (χ1n) is 4.62. The predicted octanol–water partition coefficient (Wildman–Crippen LogP) is 0.993. The summed E-state index contributed by atoms with van der Waals surface area (Å²) in [6.45, 7) is 1.73. The van der Waals surface area contributed by atoms with Crippen molar-refractivity contribution < 1.29 is 14.7 Å². The lowest BCUT2D eigenvalue weighted by Gasteiger charge is -2.06. The van der Waals surface area contributed by atoms with Crippen molar-refractivity contribution >= 4 is 23.6 Å². The van der Waals surface area contributed by atoms with E-state index >= 15 is 0 Å². The smallest absolute Gasteiger partial charge is 0.354 e. The van der Waals surface area contributed by atoms with Gasteiger partial charge in [0, 0.05) is 22.8 Å². The number of primary amides is 1. The number of hydrogen-bond donors (Lipinski definition) is 2. The number of nitrogens with zero attached hydrogens (tertiary/aromatic N) is 1. The molecule has 0 spiro atoms. The highest BCUT2D eigenvalue weighted by molar-refractivity contribution is 7.99. The van der Waals surface area contributed by atoms with E-state index in [2.05, 4.69) is 4.98 Å². The number of aromatic nitrogens is 1. The quantitative estimate of drug-likeness (QED) is 0.749. The molecule has 6 heteroatoms. The lowest BCUT2D eigenvalue weighted by Crippen LogP contribution is -2.22. The number of thioether (sulfide) groups is 1. The van der Waals surface area contributed by atoms with Crippen LogP contribution >= 0.6 is 11.8 Å². The van der Waals surface area contributed by atoms with Crippen molar-refractivity contribution in [1.82, 2.24) is 4.98 Å². The zero-order valence-corrected chi connectivity index (χ0v) is 9.53. The zero-order chi connectivity index (χ0) is 12.1. The number of carboxylic acid groups (broad SMARTS) is 1. The third kappa shape index (κ3) is 3.54. The van der Waals surface area contributed by atoms with Crippen LogP contribution in [0.5, 0.6) is 0 Å². The van der Waals surface area contributed by atoms with E-state index < -0.39 is 5.97 Å². The summed E-state index contributed by atoms with van der Waals surface area (Å²) < 4.78 is 0. The molecule has 3 N–H and O–H groups in total. The molecule has 1 unspecified atom stereocenters. The minimum absolute atomic E-state index is 0.00303. The number of carbonyl (C=O) groups excluding carboxylic acids is 1. The molecule has 0 aliphatic heterocycles. The van der Waals surface area contributed by atoms with Gasteiger partial charge in [-0.15, -0.1) is 11.8 Å². The maximum atomic E-state index is 10.8. The van der Waals surface area contributed by atoms with E-state index in [4.69, 9.17) is 10.8 Å². The lowest BCUT2D eigenvalue weighted by molar-refractivity contribution is -0.120. The molecule has 0 bridgehead atoms. The van der Waals surface area contributed by atoms with E-state index in [1.54, 1.807) is 13.0 Å². The maximum absolute atomic E-state index is 10.8. The Balaban J connectivity index is 2.64. The first-order valence-corrected chi connectivity index (χ1v) is 5.60. The van der Waals surface area contributed by atoms with E-state index in [1.165, 1.54) is 24.0 Å². The van der Waals surface area contributed by atoms with Crippen molar-refractivity contribution in [3.63, 3.8) is 0 Å². The van der Waals surface area contributed by atoms with Crippen molar-refractivity contribution in [2.24, 2.45) is 11.7 Å². The molecule has 0 radical (unpaired) electrons. The van der Waals surface area contributed by atoms with Gasteiger partial charge in [0.05, 0.1) is 0 Å². The SMILES string of the molecule is CC(CSc1ccnc(C(=O)O)c1)C(N)=O. The monoisotopic (exact) mass is 240 g/mol. The van der Waals surface area contributed by atoms with Crippen LogP contribution in [0.25, 0.3) is 0 Å². The molecule has 0 fully saturated rings. The maximum Gasteiger partial charge on any atom is 0.354 e. The second-order valence-electron chi connectivity index (χ2n) is 3.30. The standard InChI is InChI=1S/C10H12N2O3S/c1-6(9(11)13)5-16-7-2-3-12-8(4-7)10(14)15/h2-4,6H,5H2,1H3,(H2,11,13)(H,14,15). The largest absolute Gasteiger partial charge is 0.477 e. The molecule has 1 atom stereocenters. The molecule has 1 rings (SSSR count). The number of pyridine rings is 1. The molecule has 16 heavy (non-hydrogen) atoms. The highest BCUT2D eigenvalue weighted by atomic mass is 32.2. The molecular weight excluding hydrogens is 228 g/mol. The summed E-state index contributed by atoms with van der Waals surface area (Å²) in [6, 6.07) is 3.17. The van der Waals surface area contributed by atoms with Crippen LogP contribution in [0.2, 0.25) is 0 Å². The molecule has 1 aromatic rings. The molecule has 1 amide bonds. The normalized spacial score (nSPS) is 12.1. The fourth-order valence-corrected chi connectivity index (χ4v) is 1.88. The fraction of sp³-hybridized carbons (Fsp3) is 0.300. The Kier molecular flexibility index (Phi) is 4.30. The number of amides is 1. The summed E-state index contributed by atoms with van der Waals surface area (Å²) in [4.78, 5) is 25.9. The number of aromatic carboxylic acids is 1. The molecule has 0 aromatic carbocycles. The number of carbonyl (C=O) groups is 2. The van der Waals surface area contributed by atoms with Gasteiger partial charge in [-0.25, -0.2) is 9.78 Å². The van der Waals surface area contributed by atoms with Crippen LogP contribution in [0, 0.1) is 5.92 Å². The van der Waals surface area contributed by atoms with Gasteiger partial charge in [0.25, 0.3) is 0 Å². The van der Waals surface area contributed by atoms with E-state index in [1.807, 2.05) is 0 Å². The summed E-state index contributed by atoms with van der Waals surface area (Å²) in [6.07, 6.45) is 1.43. The Labute approximate surface area is 97.1 Å². The van der Waals surface area contributed by atoms with Gasteiger partial charge in [0.2, 0.25) is 5.91 Å².